The van der Waals surface area contributed by atoms with Crippen LogP contribution in [0.15, 0.2) is 48.5 Å². The van der Waals surface area contributed by atoms with Crippen LogP contribution in [0.3, 0.4) is 0 Å². The summed E-state index contributed by atoms with van der Waals surface area (Å²) in [5.41, 5.74) is 1.91. The van der Waals surface area contributed by atoms with Crippen LogP contribution >= 0.6 is 0 Å². The first-order valence-corrected chi connectivity index (χ1v) is 10.9. The van der Waals surface area contributed by atoms with Gasteiger partial charge in [0.1, 0.15) is 11.6 Å². The molecule has 5 rings (SSSR count). The molecule has 1 unspecified atom stereocenters. The number of benzene rings is 2. The van der Waals surface area contributed by atoms with Gasteiger partial charge in [0.2, 0.25) is 5.91 Å². The average molecular weight is 408 g/mol. The number of anilines is 1. The second-order valence-corrected chi connectivity index (χ2v) is 8.49. The number of nitrogens with zero attached hydrogens (tertiary/aromatic N) is 2. The highest BCUT2D eigenvalue weighted by Crippen LogP contribution is 2.38. The van der Waals surface area contributed by atoms with E-state index in [1.54, 1.807) is 7.11 Å². The van der Waals surface area contributed by atoms with Crippen molar-refractivity contribution in [1.29, 1.82) is 0 Å². The van der Waals surface area contributed by atoms with E-state index in [4.69, 9.17) is 9.47 Å². The van der Waals surface area contributed by atoms with Gasteiger partial charge in [-0.05, 0) is 49.4 Å². The maximum Gasteiger partial charge on any atom is 0.247 e. The van der Waals surface area contributed by atoms with Crippen LogP contribution in [-0.2, 0) is 11.2 Å². The van der Waals surface area contributed by atoms with Crippen LogP contribution in [0.2, 0.25) is 0 Å². The van der Waals surface area contributed by atoms with Crippen LogP contribution in [0.5, 0.6) is 11.5 Å². The van der Waals surface area contributed by atoms with Gasteiger partial charge >= 0.3 is 0 Å². The van der Waals surface area contributed by atoms with Gasteiger partial charge in [-0.25, -0.2) is 0 Å². The van der Waals surface area contributed by atoms with Gasteiger partial charge in [0.25, 0.3) is 0 Å². The highest BCUT2D eigenvalue weighted by molar-refractivity contribution is 5.93. The van der Waals surface area contributed by atoms with Crippen molar-refractivity contribution in [2.75, 3.05) is 38.3 Å². The van der Waals surface area contributed by atoms with Crippen LogP contribution in [0.1, 0.15) is 24.8 Å². The summed E-state index contributed by atoms with van der Waals surface area (Å²) in [6.45, 7) is 3.27. The number of hydrogen-bond acceptors (Lipinski definition) is 5. The molecule has 1 atom stereocenters. The van der Waals surface area contributed by atoms with E-state index >= 15 is 0 Å². The summed E-state index contributed by atoms with van der Waals surface area (Å²) < 4.78 is 11.8. The van der Waals surface area contributed by atoms with Crippen molar-refractivity contribution in [2.45, 2.75) is 37.3 Å². The summed E-state index contributed by atoms with van der Waals surface area (Å²) in [6, 6.07) is 16.4. The van der Waals surface area contributed by atoms with Gasteiger partial charge in [-0.15, -0.1) is 0 Å². The minimum atomic E-state index is -0.429. The van der Waals surface area contributed by atoms with Crippen LogP contribution < -0.4 is 19.7 Å². The summed E-state index contributed by atoms with van der Waals surface area (Å²) in [5.74, 6) is 1.88. The second kappa shape index (κ2) is 7.84. The largest absolute Gasteiger partial charge is 0.493 e. The summed E-state index contributed by atoms with van der Waals surface area (Å²) in [6.07, 6.45) is 3.85. The molecular formula is C24H29N3O3. The van der Waals surface area contributed by atoms with E-state index in [9.17, 15) is 4.79 Å². The van der Waals surface area contributed by atoms with Gasteiger partial charge in [-0.3, -0.25) is 9.69 Å². The lowest BCUT2D eigenvalue weighted by atomic mass is 9.85. The normalized spacial score (nSPS) is 23.0. The quantitative estimate of drug-likeness (QED) is 0.845. The third-order valence-corrected chi connectivity index (χ3v) is 6.85. The monoisotopic (exact) mass is 407 g/mol. The van der Waals surface area contributed by atoms with Crippen LogP contribution in [0.25, 0.3) is 0 Å². The molecule has 2 aromatic carbocycles. The first kappa shape index (κ1) is 19.2. The molecule has 0 aliphatic carbocycles. The summed E-state index contributed by atoms with van der Waals surface area (Å²) >= 11 is 0. The van der Waals surface area contributed by atoms with E-state index < -0.39 is 5.54 Å². The first-order chi connectivity index (χ1) is 14.7. The van der Waals surface area contributed by atoms with Crippen molar-refractivity contribution < 1.29 is 14.3 Å². The number of carbonyl (C=O) groups is 1. The zero-order valence-corrected chi connectivity index (χ0v) is 17.5. The molecule has 2 saturated heterocycles. The molecule has 2 aromatic rings. The topological polar surface area (TPSA) is 54.0 Å². The van der Waals surface area contributed by atoms with Crippen LogP contribution in [0.4, 0.5) is 5.69 Å². The third-order valence-electron chi connectivity index (χ3n) is 6.85. The predicted octanol–water partition coefficient (Wildman–Crippen LogP) is 2.82. The number of aryl methyl sites for hydroxylation is 1. The fourth-order valence-corrected chi connectivity index (χ4v) is 5.15. The Morgan fingerprint density at radius 1 is 1.13 bits per heavy atom. The standard InChI is InChI=1S/C24H29N3O3/c1-29-21-9-5-6-18-10-11-20(30-22(18)21)16-26-14-12-24(13-15-26)23(28)25-17-27(24)19-7-3-2-4-8-19/h2-9,20H,10-17H2,1H3,(H,25,28). The van der Waals surface area contributed by atoms with Crippen molar-refractivity contribution in [2.24, 2.45) is 0 Å². The van der Waals surface area contributed by atoms with E-state index in [0.717, 1.165) is 62.5 Å². The Morgan fingerprint density at radius 3 is 2.70 bits per heavy atom. The number of rotatable bonds is 4. The molecule has 30 heavy (non-hydrogen) atoms. The molecule has 1 spiro atoms. The van der Waals surface area contributed by atoms with E-state index in [1.165, 1.54) is 5.56 Å². The highest BCUT2D eigenvalue weighted by Gasteiger charge is 2.50. The second-order valence-electron chi connectivity index (χ2n) is 8.49. The van der Waals surface area contributed by atoms with Crippen LogP contribution in [0, 0.1) is 0 Å². The molecule has 0 saturated carbocycles. The first-order valence-electron chi connectivity index (χ1n) is 10.9. The molecule has 3 aliphatic heterocycles. The number of likely N-dealkylation sites (tertiary alicyclic amines) is 1. The van der Waals surface area contributed by atoms with E-state index in [1.807, 2.05) is 30.3 Å². The minimum absolute atomic E-state index is 0.158. The number of methoxy groups -OCH3 is 1. The maximum atomic E-state index is 12.8. The van der Waals surface area contributed by atoms with Gasteiger partial charge in [-0.2, -0.15) is 0 Å². The molecule has 6 nitrogen and oxygen atoms in total. The number of hydrogen-bond donors (Lipinski definition) is 1. The summed E-state index contributed by atoms with van der Waals surface area (Å²) in [5, 5.41) is 3.08. The highest BCUT2D eigenvalue weighted by atomic mass is 16.5. The molecule has 0 radical (unpaired) electrons. The summed E-state index contributed by atoms with van der Waals surface area (Å²) in [4.78, 5) is 17.5. The maximum absolute atomic E-state index is 12.8. The minimum Gasteiger partial charge on any atom is -0.493 e. The Morgan fingerprint density at radius 2 is 1.93 bits per heavy atom. The number of amides is 1. The fraction of sp³-hybridized carbons (Fsp3) is 0.458. The Bertz CT molecular complexity index is 895. The zero-order chi connectivity index (χ0) is 20.6. The lowest BCUT2D eigenvalue weighted by Crippen LogP contribution is -2.57. The van der Waals surface area contributed by atoms with Gasteiger partial charge in [0, 0.05) is 25.3 Å². The van der Waals surface area contributed by atoms with Crippen LogP contribution in [-0.4, -0.2) is 55.9 Å². The Balaban J connectivity index is 1.25. The van der Waals surface area contributed by atoms with Crippen molar-refractivity contribution >= 4 is 11.6 Å². The molecule has 3 heterocycles. The Kier molecular flexibility index (Phi) is 5.03. The third kappa shape index (κ3) is 3.29. The van der Waals surface area contributed by atoms with E-state index in [2.05, 4.69) is 33.3 Å². The molecule has 158 valence electrons. The van der Waals surface area contributed by atoms with E-state index in [0.29, 0.717) is 6.67 Å². The van der Waals surface area contributed by atoms with Gasteiger partial charge in [0.05, 0.1) is 13.8 Å². The van der Waals surface area contributed by atoms with Crippen molar-refractivity contribution in [3.63, 3.8) is 0 Å². The smallest absolute Gasteiger partial charge is 0.247 e. The number of piperidine rings is 1. The molecule has 1 N–H and O–H groups in total. The zero-order valence-electron chi connectivity index (χ0n) is 17.5. The molecule has 2 fully saturated rings. The molecule has 1 amide bonds. The number of ether oxygens (including phenoxy) is 2. The van der Waals surface area contributed by atoms with Gasteiger partial charge < -0.3 is 19.7 Å². The number of carbonyl (C=O) groups excluding carboxylic acids is 1. The molecule has 6 heteroatoms. The average Bonchev–Trinajstić information content (AvgIpc) is 3.11. The fourth-order valence-electron chi connectivity index (χ4n) is 5.15. The molecule has 3 aliphatic rings. The van der Waals surface area contributed by atoms with Gasteiger partial charge in [-0.1, -0.05) is 30.3 Å². The SMILES string of the molecule is COc1cccc2c1OC(CN1CCC3(CC1)C(=O)NCN3c1ccccc1)CC2. The number of fused-ring (bicyclic) bond motifs is 1. The number of para-hydroxylation sites is 2. The summed E-state index contributed by atoms with van der Waals surface area (Å²) in [7, 11) is 1.69. The predicted molar refractivity (Wildman–Crippen MR) is 116 cm³/mol. The molecule has 0 bridgehead atoms. The lowest BCUT2D eigenvalue weighted by Gasteiger charge is -2.44. The Hall–Kier alpha value is -2.73. The molecular weight excluding hydrogens is 378 g/mol. The van der Waals surface area contributed by atoms with Crippen molar-refractivity contribution in [3.05, 3.63) is 54.1 Å². The van der Waals surface area contributed by atoms with Gasteiger partial charge in [0.15, 0.2) is 11.5 Å². The van der Waals surface area contributed by atoms with Crippen molar-refractivity contribution in [3.8, 4) is 11.5 Å². The number of nitrogens with one attached hydrogen (secondary N) is 1. The van der Waals surface area contributed by atoms with E-state index in [-0.39, 0.29) is 12.0 Å². The van der Waals surface area contributed by atoms with Crippen molar-refractivity contribution in [1.82, 2.24) is 10.2 Å². The Labute approximate surface area is 177 Å². The lowest BCUT2D eigenvalue weighted by molar-refractivity contribution is -0.125. The molecule has 0 aromatic heterocycles.